The number of carboxylic acid groups (broad SMARTS) is 1. The van der Waals surface area contributed by atoms with Crippen molar-refractivity contribution in [3.05, 3.63) is 0 Å². The molecule has 0 radical (unpaired) electrons. The molecule has 1 heterocycles. The van der Waals surface area contributed by atoms with Crippen LogP contribution < -0.4 is 5.73 Å². The lowest BCUT2D eigenvalue weighted by molar-refractivity contribution is -0.141. The molecule has 0 aromatic rings. The molecular weight excluding hydrogens is 222 g/mol. The molecule has 1 fully saturated rings. The first-order valence-corrected chi connectivity index (χ1v) is 5.71. The van der Waals surface area contributed by atoms with Crippen LogP contribution in [0.3, 0.4) is 0 Å². The number of carbonyl (C=O) groups excluding carboxylic acids is 1. The molecule has 0 saturated carbocycles. The summed E-state index contributed by atoms with van der Waals surface area (Å²) >= 11 is 0. The molecule has 0 aromatic carbocycles. The third-order valence-corrected chi connectivity index (χ3v) is 3.69. The van der Waals surface area contributed by atoms with Gasteiger partial charge in [-0.2, -0.15) is 0 Å². The van der Waals surface area contributed by atoms with E-state index in [0.29, 0.717) is 19.5 Å². The number of likely N-dealkylation sites (tertiary alicyclic amines) is 1. The molecule has 3 N–H and O–H groups in total. The van der Waals surface area contributed by atoms with Crippen molar-refractivity contribution >= 4 is 11.9 Å². The van der Waals surface area contributed by atoms with E-state index in [9.17, 15) is 9.59 Å². The van der Waals surface area contributed by atoms with Crippen LogP contribution in [-0.4, -0.2) is 59.6 Å². The summed E-state index contributed by atoms with van der Waals surface area (Å²) in [4.78, 5) is 26.0. The SMILES string of the molecule is CN(C)C(C)(CC(N)=O)N1CCC(C(=O)O)C1. The van der Waals surface area contributed by atoms with Crippen LogP contribution in [0.25, 0.3) is 0 Å². The molecule has 1 amide bonds. The second-order valence-electron chi connectivity index (χ2n) is 5.02. The van der Waals surface area contributed by atoms with Gasteiger partial charge in [0.15, 0.2) is 0 Å². The Balaban J connectivity index is 2.80. The Hall–Kier alpha value is -1.14. The van der Waals surface area contributed by atoms with Gasteiger partial charge in [0.25, 0.3) is 0 Å². The van der Waals surface area contributed by atoms with Gasteiger partial charge in [-0.25, -0.2) is 0 Å². The molecule has 0 bridgehead atoms. The average Bonchev–Trinajstić information content (AvgIpc) is 2.64. The minimum absolute atomic E-state index is 0.201. The summed E-state index contributed by atoms with van der Waals surface area (Å²) in [5.41, 5.74) is 4.77. The summed E-state index contributed by atoms with van der Waals surface area (Å²) in [5, 5.41) is 8.99. The van der Waals surface area contributed by atoms with E-state index in [1.54, 1.807) is 0 Å². The van der Waals surface area contributed by atoms with Crippen LogP contribution in [0.15, 0.2) is 0 Å². The van der Waals surface area contributed by atoms with Gasteiger partial charge in [0, 0.05) is 13.1 Å². The molecule has 1 saturated heterocycles. The zero-order valence-corrected chi connectivity index (χ0v) is 10.6. The minimum Gasteiger partial charge on any atom is -0.481 e. The average molecular weight is 243 g/mol. The normalized spacial score (nSPS) is 24.8. The topological polar surface area (TPSA) is 86.9 Å². The fraction of sp³-hybridized carbons (Fsp3) is 0.818. The van der Waals surface area contributed by atoms with Gasteiger partial charge in [-0.05, 0) is 27.4 Å². The summed E-state index contributed by atoms with van der Waals surface area (Å²) in [6.07, 6.45) is 0.823. The number of carbonyl (C=O) groups is 2. The summed E-state index contributed by atoms with van der Waals surface area (Å²) in [6.45, 7) is 3.07. The van der Waals surface area contributed by atoms with E-state index in [2.05, 4.69) is 0 Å². The van der Waals surface area contributed by atoms with Crippen molar-refractivity contribution in [3.63, 3.8) is 0 Å². The Morgan fingerprint density at radius 3 is 2.47 bits per heavy atom. The summed E-state index contributed by atoms with van der Waals surface area (Å²) in [7, 11) is 3.74. The number of rotatable bonds is 5. The maximum atomic E-state index is 11.1. The smallest absolute Gasteiger partial charge is 0.307 e. The number of carboxylic acids is 1. The van der Waals surface area contributed by atoms with Crippen LogP contribution in [0.4, 0.5) is 0 Å². The van der Waals surface area contributed by atoms with Crippen molar-refractivity contribution < 1.29 is 14.7 Å². The Bertz CT molecular complexity index is 319. The number of nitrogens with zero attached hydrogens (tertiary/aromatic N) is 2. The first kappa shape index (κ1) is 13.9. The highest BCUT2D eigenvalue weighted by atomic mass is 16.4. The Morgan fingerprint density at radius 2 is 2.12 bits per heavy atom. The Morgan fingerprint density at radius 1 is 1.53 bits per heavy atom. The third kappa shape index (κ3) is 2.95. The van der Waals surface area contributed by atoms with Crippen molar-refractivity contribution in [3.8, 4) is 0 Å². The van der Waals surface area contributed by atoms with E-state index in [4.69, 9.17) is 10.8 Å². The predicted molar refractivity (Wildman–Crippen MR) is 63.2 cm³/mol. The van der Waals surface area contributed by atoms with Crippen LogP contribution in [0.5, 0.6) is 0 Å². The second kappa shape index (κ2) is 5.01. The first-order chi connectivity index (χ1) is 7.77. The van der Waals surface area contributed by atoms with Gasteiger partial charge in [-0.3, -0.25) is 19.4 Å². The zero-order valence-electron chi connectivity index (χ0n) is 10.6. The number of aliphatic carboxylic acids is 1. The molecule has 1 aliphatic heterocycles. The van der Waals surface area contributed by atoms with Crippen molar-refractivity contribution in [1.29, 1.82) is 0 Å². The monoisotopic (exact) mass is 243 g/mol. The Labute approximate surface area is 101 Å². The number of nitrogens with two attached hydrogens (primary N) is 1. The van der Waals surface area contributed by atoms with Gasteiger partial charge < -0.3 is 10.8 Å². The van der Waals surface area contributed by atoms with Crippen molar-refractivity contribution in [1.82, 2.24) is 9.80 Å². The number of hydrogen-bond acceptors (Lipinski definition) is 4. The van der Waals surface area contributed by atoms with Crippen molar-refractivity contribution in [2.45, 2.75) is 25.4 Å². The number of primary amides is 1. The summed E-state index contributed by atoms with van der Waals surface area (Å²) in [5.74, 6) is -1.49. The lowest BCUT2D eigenvalue weighted by atomic mass is 10.0. The third-order valence-electron chi connectivity index (χ3n) is 3.69. The minimum atomic E-state index is -0.771. The van der Waals surface area contributed by atoms with Crippen LogP contribution in [0.1, 0.15) is 19.8 Å². The lowest BCUT2D eigenvalue weighted by Crippen LogP contribution is -2.57. The molecule has 2 unspecified atom stereocenters. The maximum absolute atomic E-state index is 11.1. The van der Waals surface area contributed by atoms with Gasteiger partial charge in [0.2, 0.25) is 5.91 Å². The van der Waals surface area contributed by atoms with E-state index < -0.39 is 11.6 Å². The molecule has 0 aliphatic carbocycles. The second-order valence-corrected chi connectivity index (χ2v) is 5.02. The molecule has 0 spiro atoms. The number of amides is 1. The Kier molecular flexibility index (Phi) is 4.11. The predicted octanol–water partition coefficient (Wildman–Crippen LogP) is -0.454. The molecule has 6 heteroatoms. The van der Waals surface area contributed by atoms with Gasteiger partial charge in [-0.1, -0.05) is 0 Å². The highest BCUT2D eigenvalue weighted by Gasteiger charge is 2.41. The van der Waals surface area contributed by atoms with E-state index in [-0.39, 0.29) is 18.2 Å². The standard InChI is InChI=1S/C11H21N3O3/c1-11(13(2)3,6-9(12)15)14-5-4-8(7-14)10(16)17/h8H,4-7H2,1-3H3,(H2,12,15)(H,16,17). The number of hydrogen-bond donors (Lipinski definition) is 2. The molecule has 1 aliphatic rings. The largest absolute Gasteiger partial charge is 0.481 e. The summed E-state index contributed by atoms with van der Waals surface area (Å²) < 4.78 is 0. The van der Waals surface area contributed by atoms with Crippen LogP contribution in [-0.2, 0) is 9.59 Å². The van der Waals surface area contributed by atoms with E-state index in [0.717, 1.165) is 0 Å². The van der Waals surface area contributed by atoms with E-state index in [1.165, 1.54) is 0 Å². The van der Waals surface area contributed by atoms with Gasteiger partial charge in [0.1, 0.15) is 0 Å². The van der Waals surface area contributed by atoms with Crippen LogP contribution >= 0.6 is 0 Å². The molecule has 6 nitrogen and oxygen atoms in total. The molecule has 1 rings (SSSR count). The van der Waals surface area contributed by atoms with E-state index >= 15 is 0 Å². The molecule has 0 aromatic heterocycles. The van der Waals surface area contributed by atoms with Crippen LogP contribution in [0, 0.1) is 5.92 Å². The fourth-order valence-electron chi connectivity index (χ4n) is 2.28. The van der Waals surface area contributed by atoms with Crippen molar-refractivity contribution in [2.24, 2.45) is 11.7 Å². The van der Waals surface area contributed by atoms with Gasteiger partial charge in [-0.15, -0.1) is 0 Å². The molecular formula is C11H21N3O3. The molecule has 2 atom stereocenters. The first-order valence-electron chi connectivity index (χ1n) is 5.71. The van der Waals surface area contributed by atoms with Gasteiger partial charge >= 0.3 is 5.97 Å². The van der Waals surface area contributed by atoms with Crippen molar-refractivity contribution in [2.75, 3.05) is 27.2 Å². The highest BCUT2D eigenvalue weighted by Crippen LogP contribution is 2.29. The van der Waals surface area contributed by atoms with Crippen LogP contribution in [0.2, 0.25) is 0 Å². The van der Waals surface area contributed by atoms with E-state index in [1.807, 2.05) is 30.8 Å². The highest BCUT2D eigenvalue weighted by molar-refractivity contribution is 5.75. The zero-order chi connectivity index (χ0) is 13.2. The quantitative estimate of drug-likeness (QED) is 0.682. The molecule has 17 heavy (non-hydrogen) atoms. The fourth-order valence-corrected chi connectivity index (χ4v) is 2.28. The molecule has 98 valence electrons. The lowest BCUT2D eigenvalue weighted by Gasteiger charge is -2.43. The van der Waals surface area contributed by atoms with Gasteiger partial charge in [0.05, 0.1) is 18.0 Å². The summed E-state index contributed by atoms with van der Waals surface area (Å²) in [6, 6.07) is 0. The maximum Gasteiger partial charge on any atom is 0.307 e.